The van der Waals surface area contributed by atoms with Crippen molar-refractivity contribution in [1.82, 2.24) is 0 Å². The van der Waals surface area contributed by atoms with Gasteiger partial charge in [0.15, 0.2) is 0 Å². The Hall–Kier alpha value is -0.120. The van der Waals surface area contributed by atoms with E-state index < -0.39 is 0 Å². The van der Waals surface area contributed by atoms with E-state index in [-0.39, 0.29) is 0 Å². The summed E-state index contributed by atoms with van der Waals surface area (Å²) >= 11 is 0. The first-order valence-electron chi connectivity index (χ1n) is 2.81. The van der Waals surface area contributed by atoms with E-state index in [4.69, 9.17) is 11.5 Å². The summed E-state index contributed by atoms with van der Waals surface area (Å²) in [5, 5.41) is 0. The van der Waals surface area contributed by atoms with E-state index >= 15 is 0 Å². The predicted octanol–water partition coefficient (Wildman–Crippen LogP) is -0.495. The van der Waals surface area contributed by atoms with Gasteiger partial charge >= 0.3 is 0 Å². The topological polar surface area (TPSA) is 78.1 Å². The molecule has 0 aliphatic rings. The van der Waals surface area contributed by atoms with Gasteiger partial charge in [-0.25, -0.2) is 0 Å². The second-order valence-electron chi connectivity index (χ2n) is 0.816. The molecule has 0 aliphatic heterocycles. The van der Waals surface area contributed by atoms with E-state index in [9.17, 15) is 0 Å². The lowest BCUT2D eigenvalue weighted by Crippen LogP contribution is -1.87. The van der Waals surface area contributed by atoms with Crippen LogP contribution in [0.2, 0.25) is 0 Å². The summed E-state index contributed by atoms with van der Waals surface area (Å²) in [6, 6.07) is 0. The number of rotatable bonds is 0. The van der Waals surface area contributed by atoms with Crippen LogP contribution < -0.4 is 17.2 Å². The van der Waals surface area contributed by atoms with Crippen molar-refractivity contribution in [1.29, 1.82) is 0 Å². The first-order valence-corrected chi connectivity index (χ1v) is 2.81. The Bertz CT molecular complexity index is 9.64. The Labute approximate surface area is 52.2 Å². The first-order chi connectivity index (χ1) is 3.83. The summed E-state index contributed by atoms with van der Waals surface area (Å²) in [5.41, 5.74) is 14.2. The lowest BCUT2D eigenvalue weighted by molar-refractivity contribution is 1.14. The zero-order valence-electron chi connectivity index (χ0n) is 6.15. The molecule has 0 aromatic rings. The van der Waals surface area contributed by atoms with Gasteiger partial charge in [0.2, 0.25) is 0 Å². The van der Waals surface area contributed by atoms with Gasteiger partial charge in [-0.2, -0.15) is 0 Å². The van der Waals surface area contributed by atoms with Crippen molar-refractivity contribution in [2.45, 2.75) is 13.8 Å². The highest BCUT2D eigenvalue weighted by molar-refractivity contribution is 4.00. The van der Waals surface area contributed by atoms with Crippen LogP contribution in [0, 0.1) is 0 Å². The Morgan fingerprint density at radius 2 is 0.875 bits per heavy atom. The summed E-state index contributed by atoms with van der Waals surface area (Å²) in [6.45, 7) is 5.31. The summed E-state index contributed by atoms with van der Waals surface area (Å²) < 4.78 is 0. The Balaban J connectivity index is -0.0000000483. The van der Waals surface area contributed by atoms with E-state index in [0.29, 0.717) is 0 Å². The monoisotopic (exact) mass is 121 g/mol. The molecular formula is C5H19N3. The third-order valence-corrected chi connectivity index (χ3v) is 0. The Morgan fingerprint density at radius 1 is 0.875 bits per heavy atom. The molecule has 54 valence electrons. The molecule has 0 unspecified atom stereocenters. The van der Waals surface area contributed by atoms with E-state index in [1.54, 1.807) is 0 Å². The fourth-order valence-electron chi connectivity index (χ4n) is 0. The molecule has 0 fully saturated rings. The van der Waals surface area contributed by atoms with Crippen LogP contribution in [0.5, 0.6) is 0 Å². The summed E-state index contributed by atoms with van der Waals surface area (Å²) in [6.07, 6.45) is 0. The van der Waals surface area contributed by atoms with Crippen LogP contribution >= 0.6 is 0 Å². The van der Waals surface area contributed by atoms with Gasteiger partial charge in [-0.1, -0.05) is 13.8 Å². The summed E-state index contributed by atoms with van der Waals surface area (Å²) in [5.74, 6) is 0. The third kappa shape index (κ3) is 9720. The Morgan fingerprint density at radius 3 is 0.875 bits per heavy atom. The number of hydrogen-bond acceptors (Lipinski definition) is 3. The quantitative estimate of drug-likeness (QED) is 0.404. The molecule has 0 aromatic heterocycles. The number of hydrogen-bond donors (Lipinski definition) is 3. The molecular weight excluding hydrogens is 102 g/mol. The highest BCUT2D eigenvalue weighted by Crippen LogP contribution is 1.20. The summed E-state index contributed by atoms with van der Waals surface area (Å²) in [4.78, 5) is 0. The van der Waals surface area contributed by atoms with Crippen molar-refractivity contribution in [3.8, 4) is 0 Å². The van der Waals surface area contributed by atoms with Crippen LogP contribution in [0.25, 0.3) is 0 Å². The van der Waals surface area contributed by atoms with Gasteiger partial charge in [-0.15, -0.1) is 0 Å². The van der Waals surface area contributed by atoms with E-state index in [1.165, 1.54) is 7.05 Å². The Kier molecular flexibility index (Phi) is 132. The van der Waals surface area contributed by atoms with Crippen molar-refractivity contribution >= 4 is 0 Å². The second kappa shape index (κ2) is 67.3. The molecule has 0 aromatic carbocycles. The highest BCUT2D eigenvalue weighted by Gasteiger charge is 1.33. The van der Waals surface area contributed by atoms with Crippen LogP contribution in [-0.4, -0.2) is 20.1 Å². The molecule has 0 atom stereocenters. The molecule has 0 bridgehead atoms. The fraction of sp³-hybridized carbons (Fsp3) is 1.00. The zero-order chi connectivity index (χ0) is 7.41. The van der Waals surface area contributed by atoms with E-state index in [2.05, 4.69) is 5.73 Å². The lowest BCUT2D eigenvalue weighted by Gasteiger charge is -1.53. The normalized spacial score (nSPS) is 5.25. The molecule has 0 spiro atoms. The highest BCUT2D eigenvalue weighted by atomic mass is 14.5. The second-order valence-corrected chi connectivity index (χ2v) is 0.816. The van der Waals surface area contributed by atoms with Crippen LogP contribution in [0.4, 0.5) is 0 Å². The molecule has 3 heteroatoms. The van der Waals surface area contributed by atoms with Gasteiger partial charge < -0.3 is 17.2 Å². The van der Waals surface area contributed by atoms with Crippen LogP contribution in [0.1, 0.15) is 13.8 Å². The average molecular weight is 121 g/mol. The predicted molar refractivity (Wildman–Crippen MR) is 39.6 cm³/mol. The van der Waals surface area contributed by atoms with Gasteiger partial charge in [-0.05, 0) is 20.1 Å². The molecule has 6 N–H and O–H groups in total. The molecule has 3 nitrogen and oxygen atoms in total. The maximum Gasteiger partial charge on any atom is -0.0106 e. The minimum atomic E-state index is 0.750. The fourth-order valence-corrected chi connectivity index (χ4v) is 0. The van der Waals surface area contributed by atoms with Gasteiger partial charge in [0.1, 0.15) is 0 Å². The molecule has 0 rings (SSSR count). The molecule has 0 aliphatic carbocycles. The van der Waals surface area contributed by atoms with Crippen LogP contribution in [-0.2, 0) is 0 Å². The number of nitrogens with two attached hydrogens (primary N) is 3. The standard InChI is InChI=1S/2C2H7N.CH5N/c2*1-2-3;1-2/h2*2-3H2,1H3;2H2,1H3. The molecule has 0 saturated heterocycles. The van der Waals surface area contributed by atoms with Crippen molar-refractivity contribution in [2.75, 3.05) is 20.1 Å². The van der Waals surface area contributed by atoms with Gasteiger partial charge in [-0.3, -0.25) is 0 Å². The minimum absolute atomic E-state index is 0.750. The molecule has 0 heterocycles. The third-order valence-electron chi connectivity index (χ3n) is 0. The minimum Gasteiger partial charge on any atom is -0.333 e. The van der Waals surface area contributed by atoms with Crippen molar-refractivity contribution in [2.24, 2.45) is 17.2 Å². The van der Waals surface area contributed by atoms with Gasteiger partial charge in [0.25, 0.3) is 0 Å². The van der Waals surface area contributed by atoms with Gasteiger partial charge in [0, 0.05) is 0 Å². The summed E-state index contributed by atoms with van der Waals surface area (Å²) in [7, 11) is 1.50. The van der Waals surface area contributed by atoms with E-state index in [0.717, 1.165) is 13.1 Å². The van der Waals surface area contributed by atoms with Crippen LogP contribution in [0.15, 0.2) is 0 Å². The maximum absolute atomic E-state index is 4.85. The SMILES string of the molecule is CCN.CCN.CN. The van der Waals surface area contributed by atoms with Crippen molar-refractivity contribution in [3.05, 3.63) is 0 Å². The van der Waals surface area contributed by atoms with Gasteiger partial charge in [0.05, 0.1) is 0 Å². The van der Waals surface area contributed by atoms with Crippen molar-refractivity contribution in [3.63, 3.8) is 0 Å². The largest absolute Gasteiger partial charge is 0.333 e. The van der Waals surface area contributed by atoms with E-state index in [1.807, 2.05) is 13.8 Å². The molecule has 0 amide bonds. The average Bonchev–Trinajstić information content (AvgIpc) is 1.75. The maximum atomic E-state index is 4.85. The lowest BCUT2D eigenvalue weighted by atomic mass is 10.8. The first kappa shape index (κ1) is 15.7. The van der Waals surface area contributed by atoms with Crippen LogP contribution in [0.3, 0.4) is 0 Å². The van der Waals surface area contributed by atoms with Crippen molar-refractivity contribution < 1.29 is 0 Å². The molecule has 8 heavy (non-hydrogen) atoms. The molecule has 0 saturated carbocycles. The smallest absolute Gasteiger partial charge is 0.0106 e. The molecule has 0 radical (unpaired) electrons. The zero-order valence-corrected chi connectivity index (χ0v) is 6.15.